The van der Waals surface area contributed by atoms with E-state index >= 15 is 0 Å². The molecular formula is C18H20N2O. The van der Waals surface area contributed by atoms with Gasteiger partial charge < -0.3 is 0 Å². The highest BCUT2D eigenvalue weighted by Crippen LogP contribution is 2.26. The Morgan fingerprint density at radius 1 is 1.19 bits per heavy atom. The molecule has 3 heteroatoms. The zero-order chi connectivity index (χ0) is 14.8. The van der Waals surface area contributed by atoms with Gasteiger partial charge >= 0.3 is 0 Å². The van der Waals surface area contributed by atoms with Crippen LogP contribution in [0.4, 0.5) is 5.69 Å². The number of anilines is 1. The average Bonchev–Trinajstić information content (AvgIpc) is 2.89. The third-order valence-corrected chi connectivity index (χ3v) is 4.00. The number of nitrogens with zero attached hydrogens (tertiary/aromatic N) is 1. The van der Waals surface area contributed by atoms with Crippen molar-refractivity contribution in [3.63, 3.8) is 0 Å². The summed E-state index contributed by atoms with van der Waals surface area (Å²) in [5.41, 5.74) is 7.59. The molecule has 0 bridgehead atoms. The van der Waals surface area contributed by atoms with Gasteiger partial charge in [-0.05, 0) is 36.6 Å². The van der Waals surface area contributed by atoms with Crippen LogP contribution < -0.4 is 10.4 Å². The summed E-state index contributed by atoms with van der Waals surface area (Å²) in [4.78, 5) is 12.3. The van der Waals surface area contributed by atoms with E-state index in [2.05, 4.69) is 43.5 Å². The first kappa shape index (κ1) is 13.7. The Kier molecular flexibility index (Phi) is 3.65. The predicted molar refractivity (Wildman–Crippen MR) is 85.2 cm³/mol. The second-order valence-electron chi connectivity index (χ2n) is 5.58. The zero-order valence-electron chi connectivity index (χ0n) is 12.5. The van der Waals surface area contributed by atoms with Crippen molar-refractivity contribution >= 4 is 11.6 Å². The summed E-state index contributed by atoms with van der Waals surface area (Å²) in [5, 5.41) is 1.95. The van der Waals surface area contributed by atoms with Gasteiger partial charge in [-0.25, -0.2) is 0 Å². The van der Waals surface area contributed by atoms with Crippen molar-refractivity contribution in [3.8, 4) is 0 Å². The van der Waals surface area contributed by atoms with Gasteiger partial charge in [-0.2, -0.15) is 0 Å². The summed E-state index contributed by atoms with van der Waals surface area (Å²) in [6.07, 6.45) is 0.997. The minimum absolute atomic E-state index is 0.0718. The lowest BCUT2D eigenvalue weighted by molar-refractivity contribution is -0.120. The van der Waals surface area contributed by atoms with Crippen LogP contribution >= 0.6 is 0 Å². The molecule has 0 spiro atoms. The Hall–Kier alpha value is -2.29. The number of hydrogen-bond acceptors (Lipinski definition) is 2. The summed E-state index contributed by atoms with van der Waals surface area (Å²) >= 11 is 0. The fourth-order valence-electron chi connectivity index (χ4n) is 2.78. The topological polar surface area (TPSA) is 32.3 Å². The molecule has 1 aliphatic rings. The standard InChI is InChI=1S/C18H20N2O/c1-3-14-7-5-9-16(11-14)20-12-17(18(21)19-20)15-8-4-6-13(2)10-15/h4-11,17H,3,12H2,1-2H3,(H,19,21). The molecule has 3 nitrogen and oxygen atoms in total. The van der Waals surface area contributed by atoms with Crippen LogP contribution in [-0.4, -0.2) is 12.5 Å². The Labute approximate surface area is 125 Å². The van der Waals surface area contributed by atoms with Crippen molar-refractivity contribution in [2.24, 2.45) is 0 Å². The van der Waals surface area contributed by atoms with E-state index in [0.29, 0.717) is 6.54 Å². The summed E-state index contributed by atoms with van der Waals surface area (Å²) in [5.74, 6) is -0.0299. The average molecular weight is 280 g/mol. The largest absolute Gasteiger partial charge is 0.284 e. The minimum Gasteiger partial charge on any atom is -0.284 e. The number of carbonyl (C=O) groups is 1. The van der Waals surface area contributed by atoms with Gasteiger partial charge in [-0.3, -0.25) is 15.2 Å². The molecular weight excluding hydrogens is 260 g/mol. The predicted octanol–water partition coefficient (Wildman–Crippen LogP) is 3.19. The number of benzene rings is 2. The first-order valence-corrected chi connectivity index (χ1v) is 7.41. The molecule has 1 fully saturated rings. The lowest BCUT2D eigenvalue weighted by Crippen LogP contribution is -2.32. The molecule has 1 unspecified atom stereocenters. The highest BCUT2D eigenvalue weighted by molar-refractivity contribution is 5.88. The maximum atomic E-state index is 12.3. The maximum absolute atomic E-state index is 12.3. The minimum atomic E-state index is -0.102. The number of nitrogens with one attached hydrogen (secondary N) is 1. The number of amides is 1. The van der Waals surface area contributed by atoms with Crippen molar-refractivity contribution in [1.29, 1.82) is 0 Å². The highest BCUT2D eigenvalue weighted by atomic mass is 16.2. The lowest BCUT2D eigenvalue weighted by Gasteiger charge is -2.18. The molecule has 0 aromatic heterocycles. The Morgan fingerprint density at radius 2 is 2.00 bits per heavy atom. The third-order valence-electron chi connectivity index (χ3n) is 4.00. The number of aryl methyl sites for hydroxylation is 2. The van der Waals surface area contributed by atoms with E-state index in [9.17, 15) is 4.79 Å². The molecule has 108 valence electrons. The van der Waals surface area contributed by atoms with E-state index in [1.807, 2.05) is 29.3 Å². The molecule has 0 radical (unpaired) electrons. The molecule has 0 aliphatic carbocycles. The molecule has 2 aromatic rings. The molecule has 1 atom stereocenters. The highest BCUT2D eigenvalue weighted by Gasteiger charge is 2.32. The smallest absolute Gasteiger partial charge is 0.247 e. The second-order valence-corrected chi connectivity index (χ2v) is 5.58. The van der Waals surface area contributed by atoms with Gasteiger partial charge in [0, 0.05) is 0 Å². The quantitative estimate of drug-likeness (QED) is 0.936. The molecule has 0 saturated carbocycles. The fourth-order valence-corrected chi connectivity index (χ4v) is 2.78. The summed E-state index contributed by atoms with van der Waals surface area (Å²) < 4.78 is 0. The van der Waals surface area contributed by atoms with E-state index < -0.39 is 0 Å². The Balaban J connectivity index is 1.84. The fraction of sp³-hybridized carbons (Fsp3) is 0.278. The van der Waals surface area contributed by atoms with Gasteiger partial charge in [-0.15, -0.1) is 0 Å². The molecule has 1 N–H and O–H groups in total. The molecule has 1 amide bonds. The van der Waals surface area contributed by atoms with Crippen LogP contribution in [-0.2, 0) is 11.2 Å². The monoisotopic (exact) mass is 280 g/mol. The van der Waals surface area contributed by atoms with E-state index in [0.717, 1.165) is 17.7 Å². The van der Waals surface area contributed by atoms with Crippen LogP contribution in [0.3, 0.4) is 0 Å². The van der Waals surface area contributed by atoms with Crippen LogP contribution in [0.15, 0.2) is 48.5 Å². The van der Waals surface area contributed by atoms with Gasteiger partial charge in [0.25, 0.3) is 0 Å². The Bertz CT molecular complexity index is 666. The molecule has 2 aromatic carbocycles. The molecule has 1 heterocycles. The first-order chi connectivity index (χ1) is 10.2. The van der Waals surface area contributed by atoms with Gasteiger partial charge in [0.1, 0.15) is 0 Å². The van der Waals surface area contributed by atoms with Crippen molar-refractivity contribution in [2.45, 2.75) is 26.2 Å². The van der Waals surface area contributed by atoms with Crippen LogP contribution in [0.25, 0.3) is 0 Å². The van der Waals surface area contributed by atoms with Crippen molar-refractivity contribution in [2.75, 3.05) is 11.6 Å². The second kappa shape index (κ2) is 5.60. The Morgan fingerprint density at radius 3 is 2.76 bits per heavy atom. The molecule has 21 heavy (non-hydrogen) atoms. The SMILES string of the molecule is CCc1cccc(N2CC(c3cccc(C)c3)C(=O)N2)c1. The summed E-state index contributed by atoms with van der Waals surface area (Å²) in [7, 11) is 0. The molecule has 1 aliphatic heterocycles. The molecule has 1 saturated heterocycles. The maximum Gasteiger partial charge on any atom is 0.247 e. The zero-order valence-corrected chi connectivity index (χ0v) is 12.5. The lowest BCUT2D eigenvalue weighted by atomic mass is 9.98. The third kappa shape index (κ3) is 2.77. The van der Waals surface area contributed by atoms with Crippen LogP contribution in [0.2, 0.25) is 0 Å². The van der Waals surface area contributed by atoms with E-state index in [4.69, 9.17) is 0 Å². The van der Waals surface area contributed by atoms with Crippen LogP contribution in [0.1, 0.15) is 29.5 Å². The van der Waals surface area contributed by atoms with Gasteiger partial charge in [0.15, 0.2) is 0 Å². The van der Waals surface area contributed by atoms with E-state index in [-0.39, 0.29) is 11.8 Å². The van der Waals surface area contributed by atoms with Gasteiger partial charge in [0.2, 0.25) is 5.91 Å². The summed E-state index contributed by atoms with van der Waals surface area (Å²) in [6, 6.07) is 16.5. The normalized spacial score (nSPS) is 17.9. The number of hydrogen-bond donors (Lipinski definition) is 1. The van der Waals surface area contributed by atoms with Gasteiger partial charge in [0.05, 0.1) is 18.2 Å². The first-order valence-electron chi connectivity index (χ1n) is 7.41. The van der Waals surface area contributed by atoms with Crippen LogP contribution in [0, 0.1) is 6.92 Å². The summed E-state index contributed by atoms with van der Waals surface area (Å²) in [6.45, 7) is 4.87. The van der Waals surface area contributed by atoms with Crippen molar-refractivity contribution in [3.05, 3.63) is 65.2 Å². The van der Waals surface area contributed by atoms with Crippen LogP contribution in [0.5, 0.6) is 0 Å². The number of rotatable bonds is 3. The van der Waals surface area contributed by atoms with E-state index in [1.165, 1.54) is 11.1 Å². The van der Waals surface area contributed by atoms with Gasteiger partial charge in [-0.1, -0.05) is 48.9 Å². The van der Waals surface area contributed by atoms with Crippen molar-refractivity contribution < 1.29 is 4.79 Å². The number of hydrazine groups is 1. The van der Waals surface area contributed by atoms with E-state index in [1.54, 1.807) is 0 Å². The van der Waals surface area contributed by atoms with Crippen molar-refractivity contribution in [1.82, 2.24) is 5.43 Å². The molecule has 3 rings (SSSR count). The number of carbonyl (C=O) groups excluding carboxylic acids is 1.